The van der Waals surface area contributed by atoms with Gasteiger partial charge in [0.1, 0.15) is 0 Å². The van der Waals surface area contributed by atoms with Gasteiger partial charge in [-0.1, -0.05) is 67.1 Å². The van der Waals surface area contributed by atoms with Crippen LogP contribution in [0.5, 0.6) is 0 Å². The molecule has 1 saturated carbocycles. The maximum absolute atomic E-state index is 3.88. The van der Waals surface area contributed by atoms with Crippen LogP contribution in [0.1, 0.15) is 56.1 Å². The van der Waals surface area contributed by atoms with Gasteiger partial charge in [0.05, 0.1) is 0 Å². The van der Waals surface area contributed by atoms with E-state index in [2.05, 4.69) is 84.0 Å². The van der Waals surface area contributed by atoms with Gasteiger partial charge in [-0.25, -0.2) is 0 Å². The lowest BCUT2D eigenvalue weighted by molar-refractivity contribution is 0.328. The molecule has 2 aromatic rings. The molecule has 0 nitrogen and oxygen atoms in total. The van der Waals surface area contributed by atoms with E-state index in [1.54, 1.807) is 0 Å². The van der Waals surface area contributed by atoms with Gasteiger partial charge in [0, 0.05) is 0 Å². The van der Waals surface area contributed by atoms with E-state index in [-0.39, 0.29) is 0 Å². The van der Waals surface area contributed by atoms with Gasteiger partial charge in [0.25, 0.3) is 0 Å². The van der Waals surface area contributed by atoms with Crippen molar-refractivity contribution in [1.82, 2.24) is 0 Å². The van der Waals surface area contributed by atoms with E-state index in [1.165, 1.54) is 60.5 Å². The quantitative estimate of drug-likeness (QED) is 0.362. The molecule has 3 rings (SSSR count). The van der Waals surface area contributed by atoms with Crippen LogP contribution in [-0.2, 0) is 0 Å². The van der Waals surface area contributed by atoms with Gasteiger partial charge in [-0.3, -0.25) is 0 Å². The zero-order valence-corrected chi connectivity index (χ0v) is 18.5. The molecule has 0 aromatic heterocycles. The molecule has 0 bridgehead atoms. The predicted molar refractivity (Wildman–Crippen MR) is 125 cm³/mol. The first-order valence-electron chi connectivity index (χ1n) is 9.89. The number of hydrogen-bond donors (Lipinski definition) is 0. The fourth-order valence-corrected chi connectivity index (χ4v) is 3.66. The van der Waals surface area contributed by atoms with E-state index in [0.29, 0.717) is 0 Å². The SMILES string of the molecule is C=CCC1CCC(c2ccc(-c3ccc(C)cc3)cc2)CC1.CCPP. The van der Waals surface area contributed by atoms with Gasteiger partial charge in [0.2, 0.25) is 0 Å². The molecule has 0 amide bonds. The van der Waals surface area contributed by atoms with Gasteiger partial charge in [-0.2, -0.15) is 0 Å². The van der Waals surface area contributed by atoms with Crippen molar-refractivity contribution < 1.29 is 0 Å². The Labute approximate surface area is 164 Å². The van der Waals surface area contributed by atoms with E-state index < -0.39 is 0 Å². The first-order valence-corrected chi connectivity index (χ1v) is 12.9. The van der Waals surface area contributed by atoms with Gasteiger partial charge < -0.3 is 0 Å². The topological polar surface area (TPSA) is 0 Å². The monoisotopic (exact) mass is 384 g/mol. The summed E-state index contributed by atoms with van der Waals surface area (Å²) in [6.45, 7) is 8.18. The van der Waals surface area contributed by atoms with Crippen molar-refractivity contribution in [2.45, 2.75) is 51.9 Å². The largest absolute Gasteiger partial charge is 0.115 e. The molecule has 1 fully saturated rings. The van der Waals surface area contributed by atoms with E-state index in [1.807, 2.05) is 0 Å². The van der Waals surface area contributed by atoms with Crippen LogP contribution in [0.25, 0.3) is 11.1 Å². The number of benzene rings is 2. The van der Waals surface area contributed by atoms with E-state index in [4.69, 9.17) is 0 Å². The second-order valence-electron chi connectivity index (χ2n) is 7.29. The highest BCUT2D eigenvalue weighted by Gasteiger charge is 2.21. The van der Waals surface area contributed by atoms with Crippen LogP contribution in [-0.4, -0.2) is 6.16 Å². The minimum absolute atomic E-state index is 0.758. The Morgan fingerprint density at radius 1 is 0.962 bits per heavy atom. The maximum atomic E-state index is 3.88. The third-order valence-corrected chi connectivity index (χ3v) is 6.95. The van der Waals surface area contributed by atoms with Gasteiger partial charge in [0.15, 0.2) is 0 Å². The minimum Gasteiger partial charge on any atom is -0.115 e. The van der Waals surface area contributed by atoms with Crippen LogP contribution < -0.4 is 0 Å². The summed E-state index contributed by atoms with van der Waals surface area (Å²) in [5, 5.41) is 0. The van der Waals surface area contributed by atoms with Gasteiger partial charge in [-0.15, -0.1) is 23.8 Å². The highest BCUT2D eigenvalue weighted by Crippen LogP contribution is 2.37. The summed E-state index contributed by atoms with van der Waals surface area (Å²) in [5.74, 6) is 1.63. The van der Waals surface area contributed by atoms with Crippen LogP contribution in [0.3, 0.4) is 0 Å². The second-order valence-corrected chi connectivity index (χ2v) is 9.63. The Bertz CT molecular complexity index is 633. The molecule has 0 N–H and O–H groups in total. The summed E-state index contributed by atoms with van der Waals surface area (Å²) >= 11 is 0. The summed E-state index contributed by atoms with van der Waals surface area (Å²) in [7, 11) is 3.74. The van der Waals surface area contributed by atoms with E-state index >= 15 is 0 Å². The van der Waals surface area contributed by atoms with Crippen LogP contribution >= 0.6 is 17.2 Å². The lowest BCUT2D eigenvalue weighted by atomic mass is 9.77. The molecule has 0 saturated heterocycles. The highest BCUT2D eigenvalue weighted by molar-refractivity contribution is 8.02. The van der Waals surface area contributed by atoms with Crippen molar-refractivity contribution in [2.24, 2.45) is 5.92 Å². The molecule has 26 heavy (non-hydrogen) atoms. The minimum atomic E-state index is 0.758. The zero-order chi connectivity index (χ0) is 18.8. The van der Waals surface area contributed by atoms with Crippen LogP contribution in [0.2, 0.25) is 0 Å². The summed E-state index contributed by atoms with van der Waals surface area (Å²) in [6, 6.07) is 18.1. The Kier molecular flexibility index (Phi) is 9.60. The number of aryl methyl sites for hydroxylation is 1. The van der Waals surface area contributed by atoms with E-state index in [9.17, 15) is 0 Å². The van der Waals surface area contributed by atoms with Crippen molar-refractivity contribution in [3.05, 3.63) is 72.3 Å². The number of hydrogen-bond acceptors (Lipinski definition) is 0. The molecule has 2 aromatic carbocycles. The molecule has 0 spiro atoms. The summed E-state index contributed by atoms with van der Waals surface area (Å²) in [6.07, 6.45) is 9.97. The molecule has 0 heterocycles. The third-order valence-electron chi connectivity index (χ3n) is 5.32. The van der Waals surface area contributed by atoms with Crippen LogP contribution in [0.15, 0.2) is 61.2 Å². The van der Waals surface area contributed by atoms with Gasteiger partial charge >= 0.3 is 0 Å². The molecule has 140 valence electrons. The molecule has 2 unspecified atom stereocenters. The summed E-state index contributed by atoms with van der Waals surface area (Å²) in [5.41, 5.74) is 5.47. The lowest BCUT2D eigenvalue weighted by Crippen LogP contribution is -2.12. The Balaban J connectivity index is 0.000000552. The first-order chi connectivity index (χ1) is 12.7. The van der Waals surface area contributed by atoms with Crippen molar-refractivity contribution in [1.29, 1.82) is 0 Å². The molecular formula is C24H34P2. The number of rotatable bonds is 5. The maximum Gasteiger partial charge on any atom is -0.0162 e. The molecule has 1 aliphatic rings. The smallest absolute Gasteiger partial charge is 0.0162 e. The first kappa shape index (κ1) is 21.3. The molecule has 0 radical (unpaired) electrons. The highest BCUT2D eigenvalue weighted by atomic mass is 32.0. The fraction of sp³-hybridized carbons (Fsp3) is 0.417. The fourth-order valence-electron chi connectivity index (χ4n) is 3.66. The Morgan fingerprint density at radius 3 is 1.92 bits per heavy atom. The van der Waals surface area contributed by atoms with Crippen molar-refractivity contribution in [2.75, 3.05) is 6.16 Å². The molecule has 2 atom stereocenters. The lowest BCUT2D eigenvalue weighted by Gasteiger charge is -2.28. The standard InChI is InChI=1S/C22H26.C2H8P2/c1-3-4-18-7-11-20(12-8-18)22-15-13-21(14-16-22)19-9-5-17(2)6-10-19;1-2-4-3/h3,5-6,9-10,13-16,18,20H,1,4,7-8,11-12H2,2H3;4H,2-3H2,1H3. The van der Waals surface area contributed by atoms with Gasteiger partial charge in [-0.05, 0) is 73.7 Å². The Hall–Kier alpha value is -0.960. The summed E-state index contributed by atoms with van der Waals surface area (Å²) < 4.78 is 0. The van der Waals surface area contributed by atoms with E-state index in [0.717, 1.165) is 20.1 Å². The van der Waals surface area contributed by atoms with Crippen LogP contribution in [0, 0.1) is 12.8 Å². The average Bonchev–Trinajstić information content (AvgIpc) is 2.70. The summed E-state index contributed by atoms with van der Waals surface area (Å²) in [4.78, 5) is 0. The third kappa shape index (κ3) is 6.64. The van der Waals surface area contributed by atoms with Crippen molar-refractivity contribution in [3.63, 3.8) is 0 Å². The Morgan fingerprint density at radius 2 is 1.46 bits per heavy atom. The predicted octanol–water partition coefficient (Wildman–Crippen LogP) is 7.99. The molecule has 2 heteroatoms. The zero-order valence-electron chi connectivity index (χ0n) is 16.4. The molecular weight excluding hydrogens is 350 g/mol. The normalized spacial score (nSPS) is 19.8. The number of allylic oxidation sites excluding steroid dienone is 1. The second kappa shape index (κ2) is 11.7. The van der Waals surface area contributed by atoms with Crippen molar-refractivity contribution >= 4 is 17.2 Å². The molecule has 1 aliphatic carbocycles. The average molecular weight is 384 g/mol. The van der Waals surface area contributed by atoms with Crippen LogP contribution in [0.4, 0.5) is 0 Å². The molecule has 0 aliphatic heterocycles. The van der Waals surface area contributed by atoms with Crippen molar-refractivity contribution in [3.8, 4) is 11.1 Å².